The molecule has 0 radical (unpaired) electrons. The Bertz CT molecular complexity index is 721. The average molecular weight is 313 g/mol. The molecule has 2 aromatic rings. The highest BCUT2D eigenvalue weighted by molar-refractivity contribution is 7.98. The zero-order chi connectivity index (χ0) is 15.5. The van der Waals surface area contributed by atoms with E-state index in [9.17, 15) is 4.39 Å². The van der Waals surface area contributed by atoms with Crippen LogP contribution < -0.4 is 5.32 Å². The molecule has 0 amide bonds. The summed E-state index contributed by atoms with van der Waals surface area (Å²) >= 11 is 1.84. The van der Waals surface area contributed by atoms with Crippen LogP contribution in [0.2, 0.25) is 0 Å². The summed E-state index contributed by atoms with van der Waals surface area (Å²) in [6.07, 6.45) is 5.12. The molecule has 3 rings (SSSR count). The molecule has 2 aromatic carbocycles. The molecule has 0 atom stereocenters. The summed E-state index contributed by atoms with van der Waals surface area (Å²) < 4.78 is 13.3. The number of aryl methyl sites for hydroxylation is 1. The van der Waals surface area contributed by atoms with Gasteiger partial charge in [-0.3, -0.25) is 0 Å². The van der Waals surface area contributed by atoms with Gasteiger partial charge in [-0.15, -0.1) is 0 Å². The second-order valence-electron chi connectivity index (χ2n) is 5.57. The summed E-state index contributed by atoms with van der Waals surface area (Å²) in [4.78, 5) is 0. The van der Waals surface area contributed by atoms with Gasteiger partial charge in [0.1, 0.15) is 5.82 Å². The predicted molar refractivity (Wildman–Crippen MR) is 95.2 cm³/mol. The van der Waals surface area contributed by atoms with Gasteiger partial charge in [0, 0.05) is 18.0 Å². The zero-order valence-electron chi connectivity index (χ0n) is 12.9. The highest BCUT2D eigenvalue weighted by Crippen LogP contribution is 2.34. The molecule has 3 heteroatoms. The lowest BCUT2D eigenvalue weighted by molar-refractivity contribution is 0.626. The molecule has 0 fully saturated rings. The predicted octanol–water partition coefficient (Wildman–Crippen LogP) is 4.90. The molecule has 1 nitrogen and oxygen atoms in total. The minimum Gasteiger partial charge on any atom is -0.384 e. The van der Waals surface area contributed by atoms with Gasteiger partial charge in [0.2, 0.25) is 0 Å². The van der Waals surface area contributed by atoms with Crippen LogP contribution in [0.25, 0.3) is 5.57 Å². The Labute approximate surface area is 135 Å². The van der Waals surface area contributed by atoms with E-state index < -0.39 is 0 Å². The van der Waals surface area contributed by atoms with Crippen LogP contribution in [0, 0.1) is 12.7 Å². The summed E-state index contributed by atoms with van der Waals surface area (Å²) in [6.45, 7) is 3.11. The third kappa shape index (κ3) is 3.05. The van der Waals surface area contributed by atoms with Crippen molar-refractivity contribution in [2.24, 2.45) is 0 Å². The second-order valence-corrected chi connectivity index (χ2v) is 6.56. The Morgan fingerprint density at radius 1 is 1.18 bits per heavy atom. The van der Waals surface area contributed by atoms with Gasteiger partial charge in [0.15, 0.2) is 0 Å². The van der Waals surface area contributed by atoms with E-state index >= 15 is 0 Å². The number of halogens is 1. The van der Waals surface area contributed by atoms with Gasteiger partial charge < -0.3 is 5.32 Å². The Hall–Kier alpha value is -1.74. The van der Waals surface area contributed by atoms with Crippen molar-refractivity contribution in [1.29, 1.82) is 0 Å². The molecule has 0 unspecified atom stereocenters. The fraction of sp³-hybridized carbons (Fsp3) is 0.263. The maximum atomic E-state index is 13.3. The number of thioether (sulfide) groups is 1. The summed E-state index contributed by atoms with van der Waals surface area (Å²) in [5.74, 6) is 0.948. The Morgan fingerprint density at radius 3 is 2.82 bits per heavy atom. The lowest BCUT2D eigenvalue weighted by Crippen LogP contribution is -2.05. The minimum atomic E-state index is -0.155. The maximum Gasteiger partial charge on any atom is 0.123 e. The fourth-order valence-electron chi connectivity index (χ4n) is 2.91. The van der Waals surface area contributed by atoms with E-state index in [0.717, 1.165) is 29.8 Å². The zero-order valence-corrected chi connectivity index (χ0v) is 13.8. The topological polar surface area (TPSA) is 12.0 Å². The van der Waals surface area contributed by atoms with E-state index in [-0.39, 0.29) is 5.82 Å². The van der Waals surface area contributed by atoms with E-state index in [4.69, 9.17) is 0 Å². The minimum absolute atomic E-state index is 0.155. The Balaban J connectivity index is 1.84. The van der Waals surface area contributed by atoms with Gasteiger partial charge >= 0.3 is 0 Å². The van der Waals surface area contributed by atoms with E-state index in [2.05, 4.69) is 42.8 Å². The molecule has 0 aromatic heterocycles. The number of nitrogens with one attached hydrogen (secondary N) is 1. The van der Waals surface area contributed by atoms with Crippen molar-refractivity contribution in [2.45, 2.75) is 13.3 Å². The Kier molecular flexibility index (Phi) is 4.53. The van der Waals surface area contributed by atoms with Gasteiger partial charge in [-0.05, 0) is 71.7 Å². The van der Waals surface area contributed by atoms with Gasteiger partial charge in [-0.25, -0.2) is 4.39 Å². The van der Waals surface area contributed by atoms with E-state index in [1.807, 2.05) is 17.8 Å². The Morgan fingerprint density at radius 2 is 2.05 bits per heavy atom. The highest BCUT2D eigenvalue weighted by Gasteiger charge is 2.16. The van der Waals surface area contributed by atoms with Crippen LogP contribution in [-0.2, 0) is 6.42 Å². The molecular formula is C19H20FNS. The fourth-order valence-corrected chi connectivity index (χ4v) is 3.21. The van der Waals surface area contributed by atoms with Crippen molar-refractivity contribution < 1.29 is 4.39 Å². The first-order valence-corrected chi connectivity index (χ1v) is 8.91. The van der Waals surface area contributed by atoms with Crippen LogP contribution in [0.15, 0.2) is 42.5 Å². The lowest BCUT2D eigenvalue weighted by Gasteiger charge is -2.12. The number of allylic oxidation sites excluding steroid dienone is 1. The van der Waals surface area contributed by atoms with Gasteiger partial charge in [0.05, 0.1) is 0 Å². The molecule has 22 heavy (non-hydrogen) atoms. The number of rotatable bonds is 5. The molecule has 1 N–H and O–H groups in total. The van der Waals surface area contributed by atoms with E-state index in [0.29, 0.717) is 0 Å². The number of benzene rings is 2. The number of fused-ring (bicyclic) bond motifs is 1. The lowest BCUT2D eigenvalue weighted by atomic mass is 9.97. The van der Waals surface area contributed by atoms with Gasteiger partial charge in [-0.1, -0.05) is 18.2 Å². The van der Waals surface area contributed by atoms with Crippen LogP contribution in [0.1, 0.15) is 22.3 Å². The smallest absolute Gasteiger partial charge is 0.123 e. The van der Waals surface area contributed by atoms with Crippen LogP contribution in [0.3, 0.4) is 0 Å². The first kappa shape index (κ1) is 15.2. The second kappa shape index (κ2) is 6.57. The number of anilines is 1. The molecular weight excluding hydrogens is 293 g/mol. The molecule has 0 aliphatic heterocycles. The molecule has 0 spiro atoms. The molecule has 114 valence electrons. The van der Waals surface area contributed by atoms with Crippen molar-refractivity contribution in [3.8, 4) is 0 Å². The van der Waals surface area contributed by atoms with Crippen LogP contribution >= 0.6 is 11.8 Å². The molecule has 0 heterocycles. The summed E-state index contributed by atoms with van der Waals surface area (Å²) in [7, 11) is 0. The SMILES string of the molecule is CSCCNc1ccc(C2=CCc3cc(F)ccc32)cc1C. The molecule has 1 aliphatic carbocycles. The van der Waals surface area contributed by atoms with Crippen LogP contribution in [0.5, 0.6) is 0 Å². The van der Waals surface area contributed by atoms with Crippen molar-refractivity contribution in [3.05, 3.63) is 70.5 Å². The third-order valence-electron chi connectivity index (χ3n) is 4.04. The monoisotopic (exact) mass is 313 g/mol. The summed E-state index contributed by atoms with van der Waals surface area (Å²) in [5, 5.41) is 3.47. The molecule has 0 saturated heterocycles. The third-order valence-corrected chi connectivity index (χ3v) is 4.65. The van der Waals surface area contributed by atoms with Crippen LogP contribution in [-0.4, -0.2) is 18.6 Å². The first-order chi connectivity index (χ1) is 10.7. The average Bonchev–Trinajstić information content (AvgIpc) is 2.92. The standard InChI is InChI=1S/C19H20FNS/c1-13-11-14(4-8-19(13)21-9-10-22-2)17-6-3-15-12-16(20)5-7-18(15)17/h4-8,11-12,21H,3,9-10H2,1-2H3. The van der Waals surface area contributed by atoms with E-state index in [1.165, 1.54) is 22.4 Å². The van der Waals surface area contributed by atoms with Crippen molar-refractivity contribution in [3.63, 3.8) is 0 Å². The quantitative estimate of drug-likeness (QED) is 0.788. The van der Waals surface area contributed by atoms with Gasteiger partial charge in [-0.2, -0.15) is 11.8 Å². The van der Waals surface area contributed by atoms with Gasteiger partial charge in [0.25, 0.3) is 0 Å². The number of hydrogen-bond donors (Lipinski definition) is 1. The molecule has 0 saturated carbocycles. The largest absolute Gasteiger partial charge is 0.384 e. The molecule has 1 aliphatic rings. The van der Waals surface area contributed by atoms with Crippen molar-refractivity contribution in [1.82, 2.24) is 0 Å². The normalized spacial score (nSPS) is 13.0. The molecule has 0 bridgehead atoms. The summed E-state index contributed by atoms with van der Waals surface area (Å²) in [6, 6.07) is 11.6. The number of hydrogen-bond acceptors (Lipinski definition) is 2. The van der Waals surface area contributed by atoms with Crippen molar-refractivity contribution in [2.75, 3.05) is 23.9 Å². The van der Waals surface area contributed by atoms with E-state index in [1.54, 1.807) is 12.1 Å². The summed E-state index contributed by atoms with van der Waals surface area (Å²) in [5.41, 5.74) is 7.09. The van der Waals surface area contributed by atoms with Crippen molar-refractivity contribution >= 4 is 23.0 Å². The van der Waals surface area contributed by atoms with Crippen LogP contribution in [0.4, 0.5) is 10.1 Å². The first-order valence-electron chi connectivity index (χ1n) is 7.52. The maximum absolute atomic E-state index is 13.3. The highest BCUT2D eigenvalue weighted by atomic mass is 32.2.